The van der Waals surface area contributed by atoms with Gasteiger partial charge in [0.05, 0.1) is 17.6 Å². The Bertz CT molecular complexity index is 1270. The number of fused-ring (bicyclic) bond motifs is 1. The van der Waals surface area contributed by atoms with E-state index in [1.165, 1.54) is 11.9 Å². The van der Waals surface area contributed by atoms with Crippen molar-refractivity contribution in [3.05, 3.63) is 84.4 Å². The number of benzene rings is 3. The summed E-state index contributed by atoms with van der Waals surface area (Å²) < 4.78 is 8.55. The molecule has 0 saturated heterocycles. The zero-order valence-corrected chi connectivity index (χ0v) is 20.8. The molecule has 1 heterocycles. The number of para-hydroxylation sites is 2. The number of ether oxygens (including phenoxy) is 1. The van der Waals surface area contributed by atoms with E-state index in [4.69, 9.17) is 14.7 Å². The van der Waals surface area contributed by atoms with Gasteiger partial charge in [0.2, 0.25) is 0 Å². The fourth-order valence-corrected chi connectivity index (χ4v) is 3.95. The van der Waals surface area contributed by atoms with Crippen molar-refractivity contribution >= 4 is 46.2 Å². The molecular weight excluding hydrogens is 474 g/mol. The number of aromatic nitrogens is 2. The molecule has 0 saturated carbocycles. The van der Waals surface area contributed by atoms with Crippen LogP contribution < -0.4 is 15.4 Å². The number of nitrogens with zero attached hydrogens (tertiary/aromatic N) is 2. The number of carbonyl (C=O) groups is 1. The molecule has 0 aliphatic carbocycles. The van der Waals surface area contributed by atoms with Gasteiger partial charge in [0.25, 0.3) is 5.91 Å². The SMILES string of the molecule is CCCCOC(O)CNC(=O)c1ccc(Nc2nc3ccccc3nc2NSc2ccccc2)cc1. The first-order valence-corrected chi connectivity index (χ1v) is 12.6. The van der Waals surface area contributed by atoms with E-state index < -0.39 is 6.29 Å². The van der Waals surface area contributed by atoms with Crippen molar-refractivity contribution in [1.82, 2.24) is 15.3 Å². The number of carbonyl (C=O) groups excluding carboxylic acids is 1. The van der Waals surface area contributed by atoms with Crippen LogP contribution >= 0.6 is 11.9 Å². The van der Waals surface area contributed by atoms with E-state index in [1.54, 1.807) is 24.3 Å². The van der Waals surface area contributed by atoms with E-state index in [1.807, 2.05) is 61.5 Å². The van der Waals surface area contributed by atoms with Crippen molar-refractivity contribution < 1.29 is 14.6 Å². The molecular formula is C27H29N5O3S. The van der Waals surface area contributed by atoms with Gasteiger partial charge in [-0.3, -0.25) is 4.79 Å². The maximum absolute atomic E-state index is 12.4. The summed E-state index contributed by atoms with van der Waals surface area (Å²) in [7, 11) is 0. The molecule has 8 nitrogen and oxygen atoms in total. The summed E-state index contributed by atoms with van der Waals surface area (Å²) in [6.07, 6.45) is 0.823. The van der Waals surface area contributed by atoms with Gasteiger partial charge in [-0.1, -0.05) is 43.7 Å². The number of hydrogen-bond acceptors (Lipinski definition) is 8. The average Bonchev–Trinajstić information content (AvgIpc) is 2.91. The lowest BCUT2D eigenvalue weighted by Gasteiger charge is -2.14. The van der Waals surface area contributed by atoms with E-state index in [2.05, 4.69) is 15.4 Å². The molecule has 1 atom stereocenters. The highest BCUT2D eigenvalue weighted by Crippen LogP contribution is 2.29. The molecule has 4 rings (SSSR count). The summed E-state index contributed by atoms with van der Waals surface area (Å²) in [6, 6.07) is 24.7. The van der Waals surface area contributed by atoms with Crippen LogP contribution in [0.15, 0.2) is 83.8 Å². The second-order valence-corrected chi connectivity index (χ2v) is 8.90. The van der Waals surface area contributed by atoms with Crippen LogP contribution in [0.5, 0.6) is 0 Å². The van der Waals surface area contributed by atoms with Gasteiger partial charge in [-0.15, -0.1) is 0 Å². The molecule has 0 radical (unpaired) electrons. The van der Waals surface area contributed by atoms with Gasteiger partial charge in [0, 0.05) is 22.8 Å². The summed E-state index contributed by atoms with van der Waals surface area (Å²) >= 11 is 1.45. The molecule has 1 amide bonds. The van der Waals surface area contributed by atoms with Crippen LogP contribution in [0.3, 0.4) is 0 Å². The molecule has 1 aromatic heterocycles. The molecule has 0 fully saturated rings. The average molecular weight is 504 g/mol. The zero-order chi connectivity index (χ0) is 25.2. The van der Waals surface area contributed by atoms with Crippen LogP contribution in [-0.2, 0) is 4.74 Å². The Morgan fingerprint density at radius 2 is 1.61 bits per heavy atom. The van der Waals surface area contributed by atoms with Gasteiger partial charge in [-0.2, -0.15) is 0 Å². The molecule has 4 N–H and O–H groups in total. The lowest BCUT2D eigenvalue weighted by molar-refractivity contribution is -0.0953. The number of hydrogen-bond donors (Lipinski definition) is 4. The Morgan fingerprint density at radius 3 is 2.31 bits per heavy atom. The Hall–Kier alpha value is -3.66. The molecule has 1 unspecified atom stereocenters. The number of anilines is 3. The molecule has 4 aromatic rings. The second-order valence-electron chi connectivity index (χ2n) is 8.02. The molecule has 9 heteroatoms. The van der Waals surface area contributed by atoms with Gasteiger partial charge in [-0.05, 0) is 66.9 Å². The predicted octanol–water partition coefficient (Wildman–Crippen LogP) is 5.36. The molecule has 186 valence electrons. The third-order valence-corrected chi connectivity index (χ3v) is 6.04. The van der Waals surface area contributed by atoms with Crippen molar-refractivity contribution in [2.24, 2.45) is 0 Å². The van der Waals surface area contributed by atoms with Crippen LogP contribution in [-0.4, -0.2) is 40.4 Å². The van der Waals surface area contributed by atoms with Crippen molar-refractivity contribution in [1.29, 1.82) is 0 Å². The van der Waals surface area contributed by atoms with E-state index in [9.17, 15) is 9.90 Å². The minimum Gasteiger partial charge on any atom is -0.366 e. The molecule has 0 spiro atoms. The van der Waals surface area contributed by atoms with Crippen LogP contribution in [0.4, 0.5) is 17.3 Å². The molecule has 3 aromatic carbocycles. The normalized spacial score (nSPS) is 11.7. The second kappa shape index (κ2) is 12.9. The summed E-state index contributed by atoms with van der Waals surface area (Å²) in [5.74, 6) is 0.884. The van der Waals surface area contributed by atoms with Gasteiger partial charge >= 0.3 is 0 Å². The number of amides is 1. The quantitative estimate of drug-likeness (QED) is 0.116. The highest BCUT2D eigenvalue weighted by atomic mass is 32.2. The predicted molar refractivity (Wildman–Crippen MR) is 144 cm³/mol. The third kappa shape index (κ3) is 7.17. The van der Waals surface area contributed by atoms with Crippen molar-refractivity contribution in [3.8, 4) is 0 Å². The first-order chi connectivity index (χ1) is 17.6. The summed E-state index contributed by atoms with van der Waals surface area (Å²) in [5.41, 5.74) is 2.79. The summed E-state index contributed by atoms with van der Waals surface area (Å²) in [4.78, 5) is 23.0. The fourth-order valence-electron chi connectivity index (χ4n) is 3.30. The number of aliphatic hydroxyl groups is 1. The van der Waals surface area contributed by atoms with Crippen molar-refractivity contribution in [2.75, 3.05) is 23.2 Å². The van der Waals surface area contributed by atoms with E-state index >= 15 is 0 Å². The number of nitrogens with one attached hydrogen (secondary N) is 3. The first kappa shape index (κ1) is 25.4. The van der Waals surface area contributed by atoms with Gasteiger partial charge in [0.15, 0.2) is 17.9 Å². The first-order valence-electron chi connectivity index (χ1n) is 11.8. The molecule has 36 heavy (non-hydrogen) atoms. The fraction of sp³-hybridized carbons (Fsp3) is 0.222. The maximum Gasteiger partial charge on any atom is 0.251 e. The lowest BCUT2D eigenvalue weighted by Crippen LogP contribution is -2.33. The molecule has 0 aliphatic rings. The van der Waals surface area contributed by atoms with Crippen LogP contribution in [0.25, 0.3) is 11.0 Å². The Balaban J connectivity index is 1.43. The standard InChI is InChI=1S/C27H29N5O3S/c1-2-3-17-35-24(33)18-28-27(34)19-13-15-20(16-14-19)29-25-26(32-36-21-9-5-4-6-10-21)31-23-12-8-7-11-22(23)30-25/h4-16,24,33H,2-3,17-18H2,1H3,(H,28,34)(H,29,30)(H,31,32). The monoisotopic (exact) mass is 503 g/mol. The van der Waals surface area contributed by atoms with Crippen LogP contribution in [0, 0.1) is 0 Å². The number of rotatable bonds is 12. The molecule has 0 bridgehead atoms. The minimum absolute atomic E-state index is 0.0311. The Labute approximate surface area is 214 Å². The topological polar surface area (TPSA) is 108 Å². The summed E-state index contributed by atoms with van der Waals surface area (Å²) in [5, 5.41) is 15.8. The van der Waals surface area contributed by atoms with Gasteiger partial charge in [-0.25, -0.2) is 9.97 Å². The smallest absolute Gasteiger partial charge is 0.251 e. The van der Waals surface area contributed by atoms with Crippen LogP contribution in [0.2, 0.25) is 0 Å². The maximum atomic E-state index is 12.4. The zero-order valence-electron chi connectivity index (χ0n) is 20.0. The minimum atomic E-state index is -1.02. The number of unbranched alkanes of at least 4 members (excludes halogenated alkanes) is 1. The highest BCUT2D eigenvalue weighted by molar-refractivity contribution is 8.00. The van der Waals surface area contributed by atoms with Crippen molar-refractivity contribution in [3.63, 3.8) is 0 Å². The Morgan fingerprint density at radius 1 is 0.944 bits per heavy atom. The highest BCUT2D eigenvalue weighted by Gasteiger charge is 2.12. The third-order valence-electron chi connectivity index (χ3n) is 5.23. The van der Waals surface area contributed by atoms with E-state index in [-0.39, 0.29) is 12.5 Å². The lowest BCUT2D eigenvalue weighted by atomic mass is 10.2. The van der Waals surface area contributed by atoms with Crippen LogP contribution in [0.1, 0.15) is 30.1 Å². The largest absolute Gasteiger partial charge is 0.366 e. The van der Waals surface area contributed by atoms with Gasteiger partial charge < -0.3 is 25.2 Å². The molecule has 0 aliphatic heterocycles. The van der Waals surface area contributed by atoms with Gasteiger partial charge in [0.1, 0.15) is 0 Å². The Kier molecular flexibility index (Phi) is 9.09. The van der Waals surface area contributed by atoms with Crippen molar-refractivity contribution in [2.45, 2.75) is 31.0 Å². The van der Waals surface area contributed by atoms with E-state index in [0.29, 0.717) is 23.8 Å². The number of aliphatic hydroxyl groups excluding tert-OH is 1. The van der Waals surface area contributed by atoms with E-state index in [0.717, 1.165) is 34.5 Å². The summed E-state index contributed by atoms with van der Waals surface area (Å²) in [6.45, 7) is 2.54.